The summed E-state index contributed by atoms with van der Waals surface area (Å²) in [6, 6.07) is 11.2. The van der Waals surface area contributed by atoms with Crippen molar-refractivity contribution in [1.29, 1.82) is 0 Å². The molecule has 0 aliphatic carbocycles. The van der Waals surface area contributed by atoms with Crippen LogP contribution in [0, 0.1) is 0 Å². The number of pyridine rings is 1. The summed E-state index contributed by atoms with van der Waals surface area (Å²) in [5.41, 5.74) is 8.76. The van der Waals surface area contributed by atoms with Crippen LogP contribution in [0.5, 0.6) is 0 Å². The maximum Gasteiger partial charge on any atom is 0.205 e. The number of fused-ring (bicyclic) bond motifs is 2. The normalized spacial score (nSPS) is 11.4. The molecule has 0 bridgehead atoms. The zero-order chi connectivity index (χ0) is 14.2. The van der Waals surface area contributed by atoms with Crippen LogP contribution >= 0.6 is 11.8 Å². The third-order valence-electron chi connectivity index (χ3n) is 3.06. The van der Waals surface area contributed by atoms with E-state index in [0.717, 1.165) is 21.9 Å². The summed E-state index contributed by atoms with van der Waals surface area (Å²) in [6.45, 7) is 0. The van der Waals surface area contributed by atoms with Crippen LogP contribution in [0.1, 0.15) is 5.89 Å². The quantitative estimate of drug-likeness (QED) is 0.462. The van der Waals surface area contributed by atoms with E-state index >= 15 is 0 Å². The number of aromatic nitrogens is 4. The number of hydrogen-bond donors (Lipinski definition) is 1. The summed E-state index contributed by atoms with van der Waals surface area (Å²) >= 11 is 1.53. The topological polar surface area (TPSA) is 82.2 Å². The number of nitrogens with two attached hydrogens (primary N) is 1. The molecule has 0 saturated carbocycles. The van der Waals surface area contributed by atoms with E-state index in [9.17, 15) is 0 Å². The molecule has 3 aromatic heterocycles. The molecular formula is C14H11N5OS. The highest BCUT2D eigenvalue weighted by atomic mass is 32.2. The van der Waals surface area contributed by atoms with E-state index < -0.39 is 0 Å². The lowest BCUT2D eigenvalue weighted by molar-refractivity contribution is 0.556. The number of oxazole rings is 1. The molecular weight excluding hydrogens is 286 g/mol. The minimum absolute atomic E-state index is 0.588. The van der Waals surface area contributed by atoms with Gasteiger partial charge in [-0.05, 0) is 30.3 Å². The van der Waals surface area contributed by atoms with Gasteiger partial charge in [-0.3, -0.25) is 4.40 Å². The number of nitrogens with zero attached hydrogens (tertiary/aromatic N) is 4. The standard InChI is InChI=1S/C14H11N5OS/c15-9-4-5-11-10(7-9)16-13(20-11)8-21-14-18-17-12-3-1-2-6-19(12)14/h1-7H,8,15H2. The van der Waals surface area contributed by atoms with Gasteiger partial charge in [-0.2, -0.15) is 0 Å². The highest BCUT2D eigenvalue weighted by molar-refractivity contribution is 7.98. The van der Waals surface area contributed by atoms with Gasteiger partial charge < -0.3 is 10.2 Å². The van der Waals surface area contributed by atoms with E-state index in [1.807, 2.05) is 34.9 Å². The third-order valence-corrected chi connectivity index (χ3v) is 3.99. The van der Waals surface area contributed by atoms with Crippen LogP contribution in [-0.4, -0.2) is 19.6 Å². The molecule has 3 heterocycles. The van der Waals surface area contributed by atoms with Crippen molar-refractivity contribution in [2.24, 2.45) is 0 Å². The first-order valence-corrected chi connectivity index (χ1v) is 7.36. The van der Waals surface area contributed by atoms with Gasteiger partial charge in [0.25, 0.3) is 0 Å². The molecule has 6 nitrogen and oxygen atoms in total. The Balaban J connectivity index is 1.60. The minimum atomic E-state index is 0.588. The Morgan fingerprint density at radius 3 is 3.10 bits per heavy atom. The lowest BCUT2D eigenvalue weighted by atomic mass is 10.3. The molecule has 0 amide bonds. The lowest BCUT2D eigenvalue weighted by Crippen LogP contribution is -1.87. The maximum atomic E-state index is 5.74. The summed E-state index contributed by atoms with van der Waals surface area (Å²) in [5.74, 6) is 1.23. The lowest BCUT2D eigenvalue weighted by Gasteiger charge is -1.96. The van der Waals surface area contributed by atoms with Gasteiger partial charge in [0.15, 0.2) is 16.4 Å². The van der Waals surface area contributed by atoms with Crippen LogP contribution in [-0.2, 0) is 5.75 Å². The Labute approximate surface area is 124 Å². The van der Waals surface area contributed by atoms with Crippen LogP contribution in [0.3, 0.4) is 0 Å². The second kappa shape index (κ2) is 4.78. The first-order chi connectivity index (χ1) is 10.3. The first kappa shape index (κ1) is 12.2. The smallest absolute Gasteiger partial charge is 0.205 e. The van der Waals surface area contributed by atoms with Crippen molar-refractivity contribution in [1.82, 2.24) is 19.6 Å². The molecule has 7 heteroatoms. The number of benzene rings is 1. The van der Waals surface area contributed by atoms with Crippen LogP contribution in [0.2, 0.25) is 0 Å². The van der Waals surface area contributed by atoms with Crippen LogP contribution in [0.15, 0.2) is 52.2 Å². The molecule has 0 atom stereocenters. The van der Waals surface area contributed by atoms with Gasteiger partial charge in [-0.25, -0.2) is 4.98 Å². The van der Waals surface area contributed by atoms with Gasteiger partial charge in [-0.1, -0.05) is 17.8 Å². The van der Waals surface area contributed by atoms with E-state index in [4.69, 9.17) is 10.2 Å². The highest BCUT2D eigenvalue weighted by Crippen LogP contribution is 2.24. The molecule has 21 heavy (non-hydrogen) atoms. The zero-order valence-corrected chi connectivity index (χ0v) is 11.7. The fourth-order valence-corrected chi connectivity index (χ4v) is 2.87. The number of thioether (sulfide) groups is 1. The average Bonchev–Trinajstić information content (AvgIpc) is 3.08. The van der Waals surface area contributed by atoms with Crippen molar-refractivity contribution in [3.63, 3.8) is 0 Å². The van der Waals surface area contributed by atoms with Crippen molar-refractivity contribution in [2.45, 2.75) is 10.9 Å². The SMILES string of the molecule is Nc1ccc2oc(CSc3nnc4ccccn34)nc2c1. The number of anilines is 1. The molecule has 0 aliphatic heterocycles. The predicted molar refractivity (Wildman–Crippen MR) is 81.0 cm³/mol. The van der Waals surface area contributed by atoms with Crippen LogP contribution in [0.25, 0.3) is 16.7 Å². The predicted octanol–water partition coefficient (Wildman–Crippen LogP) is 2.75. The Morgan fingerprint density at radius 1 is 1.19 bits per heavy atom. The monoisotopic (exact) mass is 297 g/mol. The molecule has 4 rings (SSSR count). The van der Waals surface area contributed by atoms with Crippen LogP contribution < -0.4 is 5.73 Å². The van der Waals surface area contributed by atoms with E-state index in [2.05, 4.69) is 15.2 Å². The Bertz CT molecular complexity index is 929. The molecule has 0 unspecified atom stereocenters. The Hall–Kier alpha value is -2.54. The van der Waals surface area contributed by atoms with Gasteiger partial charge in [-0.15, -0.1) is 10.2 Å². The van der Waals surface area contributed by atoms with E-state index in [-0.39, 0.29) is 0 Å². The Morgan fingerprint density at radius 2 is 2.14 bits per heavy atom. The van der Waals surface area contributed by atoms with Gasteiger partial charge in [0.1, 0.15) is 5.52 Å². The second-order valence-corrected chi connectivity index (χ2v) is 5.48. The number of rotatable bonds is 3. The molecule has 0 spiro atoms. The summed E-state index contributed by atoms with van der Waals surface area (Å²) < 4.78 is 7.62. The van der Waals surface area contributed by atoms with Crippen molar-refractivity contribution in [3.05, 3.63) is 48.5 Å². The van der Waals surface area contributed by atoms with Crippen molar-refractivity contribution < 1.29 is 4.42 Å². The number of nitrogen functional groups attached to an aromatic ring is 1. The summed E-state index contributed by atoms with van der Waals surface area (Å²) in [4.78, 5) is 4.43. The maximum absolute atomic E-state index is 5.74. The van der Waals surface area contributed by atoms with Crippen molar-refractivity contribution in [2.75, 3.05) is 5.73 Å². The zero-order valence-electron chi connectivity index (χ0n) is 10.9. The summed E-state index contributed by atoms with van der Waals surface area (Å²) in [6.07, 6.45) is 1.93. The molecule has 0 saturated heterocycles. The molecule has 1 aromatic carbocycles. The molecule has 4 aromatic rings. The largest absolute Gasteiger partial charge is 0.440 e. The molecule has 2 N–H and O–H groups in total. The molecule has 0 radical (unpaired) electrons. The van der Waals surface area contributed by atoms with Gasteiger partial charge >= 0.3 is 0 Å². The van der Waals surface area contributed by atoms with Crippen molar-refractivity contribution >= 4 is 34.2 Å². The average molecular weight is 297 g/mol. The fraction of sp³-hybridized carbons (Fsp3) is 0.0714. The molecule has 0 aliphatic rings. The first-order valence-electron chi connectivity index (χ1n) is 6.37. The second-order valence-electron chi connectivity index (χ2n) is 4.53. The molecule has 0 fully saturated rings. The van der Waals surface area contributed by atoms with E-state index in [0.29, 0.717) is 17.3 Å². The summed E-state index contributed by atoms with van der Waals surface area (Å²) in [5, 5.41) is 9.09. The summed E-state index contributed by atoms with van der Waals surface area (Å²) in [7, 11) is 0. The molecule has 104 valence electrons. The van der Waals surface area contributed by atoms with Gasteiger partial charge in [0.05, 0.1) is 5.75 Å². The third kappa shape index (κ3) is 2.21. The fourth-order valence-electron chi connectivity index (χ4n) is 2.10. The number of hydrogen-bond acceptors (Lipinski definition) is 6. The highest BCUT2D eigenvalue weighted by Gasteiger charge is 2.10. The van der Waals surface area contributed by atoms with Crippen LogP contribution in [0.4, 0.5) is 5.69 Å². The van der Waals surface area contributed by atoms with Gasteiger partial charge in [0, 0.05) is 11.9 Å². The Kier molecular flexibility index (Phi) is 2.78. The van der Waals surface area contributed by atoms with E-state index in [1.54, 1.807) is 12.1 Å². The minimum Gasteiger partial charge on any atom is -0.440 e. The van der Waals surface area contributed by atoms with Crippen molar-refractivity contribution in [3.8, 4) is 0 Å². The van der Waals surface area contributed by atoms with E-state index in [1.165, 1.54) is 11.8 Å². The van der Waals surface area contributed by atoms with Gasteiger partial charge in [0.2, 0.25) is 5.89 Å².